The standard InChI is InChI=1S/C12H9NO3S2/c1-16-11(15)8-5-3-2-4-7(8)6-9-10(14)13-12(17)18-9/h2-6H,1H3,(H,13,14,17)/b9-6+. The minimum Gasteiger partial charge on any atom is -0.465 e. The van der Waals surface area contributed by atoms with Gasteiger partial charge in [0.1, 0.15) is 4.32 Å². The summed E-state index contributed by atoms with van der Waals surface area (Å²) < 4.78 is 5.11. The number of hydrogen-bond donors (Lipinski definition) is 1. The summed E-state index contributed by atoms with van der Waals surface area (Å²) in [7, 11) is 1.32. The fraction of sp³-hybridized carbons (Fsp3) is 0.0833. The van der Waals surface area contributed by atoms with Gasteiger partial charge < -0.3 is 10.1 Å². The zero-order valence-electron chi connectivity index (χ0n) is 9.43. The Balaban J connectivity index is 2.40. The van der Waals surface area contributed by atoms with Gasteiger partial charge in [-0.2, -0.15) is 0 Å². The number of nitrogens with one attached hydrogen (secondary N) is 1. The molecule has 1 aliphatic heterocycles. The molecule has 1 aromatic rings. The summed E-state index contributed by atoms with van der Waals surface area (Å²) in [5.41, 5.74) is 1.05. The summed E-state index contributed by atoms with van der Waals surface area (Å²) in [6.45, 7) is 0. The molecule has 92 valence electrons. The Hall–Kier alpha value is -1.66. The smallest absolute Gasteiger partial charge is 0.338 e. The van der Waals surface area contributed by atoms with E-state index in [0.29, 0.717) is 20.4 Å². The molecule has 6 heteroatoms. The Bertz CT molecular complexity index is 566. The summed E-state index contributed by atoms with van der Waals surface area (Å²) in [5, 5.41) is 2.52. The number of amides is 1. The molecule has 1 aliphatic rings. The third-order valence-electron chi connectivity index (χ3n) is 2.29. The number of ether oxygens (including phenoxy) is 1. The van der Waals surface area contributed by atoms with E-state index >= 15 is 0 Å². The van der Waals surface area contributed by atoms with Crippen molar-refractivity contribution in [1.82, 2.24) is 5.32 Å². The Kier molecular flexibility index (Phi) is 3.78. The number of methoxy groups -OCH3 is 1. The lowest BCUT2D eigenvalue weighted by atomic mass is 10.1. The van der Waals surface area contributed by atoms with Crippen molar-refractivity contribution in [2.45, 2.75) is 0 Å². The number of thioether (sulfide) groups is 1. The van der Waals surface area contributed by atoms with E-state index < -0.39 is 5.97 Å². The lowest BCUT2D eigenvalue weighted by Gasteiger charge is -2.03. The normalized spacial score (nSPS) is 16.8. The van der Waals surface area contributed by atoms with Crippen LogP contribution < -0.4 is 5.32 Å². The molecule has 1 heterocycles. The first kappa shape index (κ1) is 12.8. The molecule has 0 aliphatic carbocycles. The first-order valence-corrected chi connectivity index (χ1v) is 6.26. The first-order valence-electron chi connectivity index (χ1n) is 5.04. The number of rotatable bonds is 2. The highest BCUT2D eigenvalue weighted by Crippen LogP contribution is 2.26. The fourth-order valence-electron chi connectivity index (χ4n) is 1.48. The first-order chi connectivity index (χ1) is 8.61. The van der Waals surface area contributed by atoms with Crippen molar-refractivity contribution in [1.29, 1.82) is 0 Å². The average Bonchev–Trinajstić information content (AvgIpc) is 2.67. The van der Waals surface area contributed by atoms with Crippen LogP contribution in [0.2, 0.25) is 0 Å². The van der Waals surface area contributed by atoms with Gasteiger partial charge in [-0.05, 0) is 17.7 Å². The maximum Gasteiger partial charge on any atom is 0.338 e. The van der Waals surface area contributed by atoms with E-state index in [1.54, 1.807) is 30.3 Å². The predicted octanol–water partition coefficient (Wildman–Crippen LogP) is 1.96. The van der Waals surface area contributed by atoms with Gasteiger partial charge >= 0.3 is 5.97 Å². The van der Waals surface area contributed by atoms with Crippen molar-refractivity contribution in [3.8, 4) is 0 Å². The quantitative estimate of drug-likeness (QED) is 0.509. The number of thiocarbonyl (C=S) groups is 1. The Labute approximate surface area is 113 Å². The molecule has 1 aromatic carbocycles. The van der Waals surface area contributed by atoms with E-state index in [-0.39, 0.29) is 5.91 Å². The third kappa shape index (κ3) is 2.60. The number of carbonyl (C=O) groups excluding carboxylic acids is 2. The van der Waals surface area contributed by atoms with E-state index in [0.717, 1.165) is 0 Å². The van der Waals surface area contributed by atoms with Gasteiger partial charge in [-0.1, -0.05) is 42.2 Å². The SMILES string of the molecule is COC(=O)c1ccccc1/C=C1/SC(=S)NC1=O. The zero-order valence-corrected chi connectivity index (χ0v) is 11.1. The van der Waals surface area contributed by atoms with Crippen LogP contribution in [0.25, 0.3) is 6.08 Å². The number of benzene rings is 1. The second-order valence-electron chi connectivity index (χ2n) is 3.43. The molecular weight excluding hydrogens is 270 g/mol. The number of carbonyl (C=O) groups is 2. The second-order valence-corrected chi connectivity index (χ2v) is 5.15. The van der Waals surface area contributed by atoms with E-state index in [1.807, 2.05) is 0 Å². The minimum atomic E-state index is -0.437. The molecule has 0 atom stereocenters. The van der Waals surface area contributed by atoms with Gasteiger partial charge in [-0.3, -0.25) is 4.79 Å². The van der Waals surface area contributed by atoms with Crippen LogP contribution in [0.4, 0.5) is 0 Å². The predicted molar refractivity (Wildman–Crippen MR) is 74.1 cm³/mol. The maximum atomic E-state index is 11.6. The number of hydrogen-bond acceptors (Lipinski definition) is 5. The highest BCUT2D eigenvalue weighted by atomic mass is 32.2. The molecule has 0 bridgehead atoms. The van der Waals surface area contributed by atoms with Crippen LogP contribution in [0.5, 0.6) is 0 Å². The van der Waals surface area contributed by atoms with Gasteiger partial charge in [0.25, 0.3) is 5.91 Å². The lowest BCUT2D eigenvalue weighted by Crippen LogP contribution is -2.17. The highest BCUT2D eigenvalue weighted by Gasteiger charge is 2.22. The molecule has 0 unspecified atom stereocenters. The monoisotopic (exact) mass is 279 g/mol. The molecule has 1 saturated heterocycles. The van der Waals surface area contributed by atoms with Crippen molar-refractivity contribution in [2.24, 2.45) is 0 Å². The zero-order chi connectivity index (χ0) is 13.1. The second kappa shape index (κ2) is 5.32. The molecule has 1 N–H and O–H groups in total. The summed E-state index contributed by atoms with van der Waals surface area (Å²) in [5.74, 6) is -0.682. The molecule has 0 saturated carbocycles. The van der Waals surface area contributed by atoms with Crippen molar-refractivity contribution in [3.63, 3.8) is 0 Å². The lowest BCUT2D eigenvalue weighted by molar-refractivity contribution is -0.115. The van der Waals surface area contributed by atoms with Crippen LogP contribution in [0.1, 0.15) is 15.9 Å². The Morgan fingerprint density at radius 2 is 2.17 bits per heavy atom. The van der Waals surface area contributed by atoms with Gasteiger partial charge in [0.2, 0.25) is 0 Å². The van der Waals surface area contributed by atoms with Gasteiger partial charge in [-0.15, -0.1) is 0 Å². The maximum absolute atomic E-state index is 11.6. The molecule has 1 amide bonds. The van der Waals surface area contributed by atoms with Crippen molar-refractivity contribution in [3.05, 3.63) is 40.3 Å². The Morgan fingerprint density at radius 3 is 2.78 bits per heavy atom. The minimum absolute atomic E-state index is 0.246. The highest BCUT2D eigenvalue weighted by molar-refractivity contribution is 8.26. The molecular formula is C12H9NO3S2. The van der Waals surface area contributed by atoms with Crippen LogP contribution in [0.15, 0.2) is 29.2 Å². The van der Waals surface area contributed by atoms with E-state index in [2.05, 4.69) is 10.1 Å². The molecule has 0 aromatic heterocycles. The molecule has 1 fully saturated rings. The van der Waals surface area contributed by atoms with Crippen molar-refractivity contribution >= 4 is 46.3 Å². The van der Waals surface area contributed by atoms with Crippen LogP contribution in [-0.2, 0) is 9.53 Å². The van der Waals surface area contributed by atoms with Gasteiger partial charge in [-0.25, -0.2) is 4.79 Å². The molecule has 0 spiro atoms. The van der Waals surface area contributed by atoms with Crippen LogP contribution in [0, 0.1) is 0 Å². The largest absolute Gasteiger partial charge is 0.465 e. The summed E-state index contributed by atoms with van der Waals surface area (Å²) in [4.78, 5) is 23.6. The van der Waals surface area contributed by atoms with Crippen molar-refractivity contribution in [2.75, 3.05) is 7.11 Å². The van der Waals surface area contributed by atoms with Gasteiger partial charge in [0.05, 0.1) is 17.6 Å². The summed E-state index contributed by atoms with van der Waals surface area (Å²) in [6.07, 6.45) is 1.63. The summed E-state index contributed by atoms with van der Waals surface area (Å²) >= 11 is 6.07. The average molecular weight is 279 g/mol. The number of esters is 1. The summed E-state index contributed by atoms with van der Waals surface area (Å²) in [6, 6.07) is 6.91. The molecule has 2 rings (SSSR count). The fourth-order valence-corrected chi connectivity index (χ4v) is 2.52. The van der Waals surface area contributed by atoms with E-state index in [1.165, 1.54) is 18.9 Å². The van der Waals surface area contributed by atoms with E-state index in [9.17, 15) is 9.59 Å². The Morgan fingerprint density at radius 1 is 1.44 bits per heavy atom. The van der Waals surface area contributed by atoms with Crippen LogP contribution in [0.3, 0.4) is 0 Å². The van der Waals surface area contributed by atoms with Crippen LogP contribution in [-0.4, -0.2) is 23.3 Å². The third-order valence-corrected chi connectivity index (χ3v) is 3.46. The van der Waals surface area contributed by atoms with E-state index in [4.69, 9.17) is 12.2 Å². The van der Waals surface area contributed by atoms with Gasteiger partial charge in [0, 0.05) is 0 Å². The topological polar surface area (TPSA) is 55.4 Å². The van der Waals surface area contributed by atoms with Crippen molar-refractivity contribution < 1.29 is 14.3 Å². The molecule has 4 nitrogen and oxygen atoms in total. The molecule has 18 heavy (non-hydrogen) atoms. The van der Waals surface area contributed by atoms with Gasteiger partial charge in [0.15, 0.2) is 0 Å². The molecule has 0 radical (unpaired) electrons. The van der Waals surface area contributed by atoms with Crippen LogP contribution >= 0.6 is 24.0 Å².